The zero-order chi connectivity index (χ0) is 26.1. The highest BCUT2D eigenvalue weighted by molar-refractivity contribution is 7.37. The monoisotopic (exact) mass is 552 g/mol. The Morgan fingerprint density at radius 1 is 0.757 bits per heavy atom. The highest BCUT2D eigenvalue weighted by Gasteiger charge is 2.28. The standard InChI is InChI=1S/C31H32N2S2Si2/c1-8-20-14-16-21(17-15-20)31-32-27-23-18-25(36(2,3)4)34-29(23)30-24(19-26(35-30)37(5,6)7)28(27)33(31)22-12-10-9-11-13-22/h8-19H,1H2,2-7H3. The molecule has 0 fully saturated rings. The van der Waals surface area contributed by atoms with Crippen LogP contribution in [-0.2, 0) is 0 Å². The number of thiophene rings is 2. The first kappa shape index (κ1) is 24.6. The van der Waals surface area contributed by atoms with Gasteiger partial charge in [-0.05, 0) is 38.8 Å². The Hall–Kier alpha value is -2.78. The van der Waals surface area contributed by atoms with Crippen LogP contribution in [0.4, 0.5) is 0 Å². The van der Waals surface area contributed by atoms with E-state index >= 15 is 0 Å². The van der Waals surface area contributed by atoms with Crippen molar-refractivity contribution in [2.75, 3.05) is 0 Å². The summed E-state index contributed by atoms with van der Waals surface area (Å²) in [4.78, 5) is 5.44. The van der Waals surface area contributed by atoms with E-state index in [2.05, 4.69) is 117 Å². The van der Waals surface area contributed by atoms with Gasteiger partial charge in [-0.15, -0.1) is 22.7 Å². The van der Waals surface area contributed by atoms with Gasteiger partial charge in [0.05, 0.1) is 36.6 Å². The highest BCUT2D eigenvalue weighted by Crippen LogP contribution is 2.43. The number of aromatic nitrogens is 2. The molecule has 3 aromatic carbocycles. The van der Waals surface area contributed by atoms with Crippen LogP contribution in [-0.4, -0.2) is 25.7 Å². The maximum atomic E-state index is 5.44. The lowest BCUT2D eigenvalue weighted by Gasteiger charge is -2.12. The minimum atomic E-state index is -1.49. The largest absolute Gasteiger partial charge is 0.292 e. The normalized spacial score (nSPS) is 12.7. The van der Waals surface area contributed by atoms with E-state index in [9.17, 15) is 0 Å². The average molecular weight is 553 g/mol. The van der Waals surface area contributed by atoms with Crippen LogP contribution in [0.25, 0.3) is 54.4 Å². The molecule has 0 spiro atoms. The number of imidazole rings is 1. The summed E-state index contributed by atoms with van der Waals surface area (Å²) in [6.07, 6.45) is 1.89. The molecule has 3 heterocycles. The fourth-order valence-corrected chi connectivity index (χ4v) is 11.1. The number of para-hydroxylation sites is 1. The summed E-state index contributed by atoms with van der Waals surface area (Å²) in [5.74, 6) is 0.993. The van der Waals surface area contributed by atoms with E-state index in [0.717, 1.165) is 28.2 Å². The van der Waals surface area contributed by atoms with Gasteiger partial charge < -0.3 is 0 Å². The zero-order valence-corrected chi connectivity index (χ0v) is 26.0. The van der Waals surface area contributed by atoms with Gasteiger partial charge in [0.1, 0.15) is 5.82 Å². The van der Waals surface area contributed by atoms with Crippen molar-refractivity contribution in [3.63, 3.8) is 0 Å². The number of hydrogen-bond donors (Lipinski definition) is 0. The summed E-state index contributed by atoms with van der Waals surface area (Å²) in [5, 5.41) is 2.66. The van der Waals surface area contributed by atoms with Gasteiger partial charge >= 0.3 is 0 Å². The molecule has 0 amide bonds. The maximum absolute atomic E-state index is 5.44. The van der Waals surface area contributed by atoms with E-state index in [0.29, 0.717) is 0 Å². The van der Waals surface area contributed by atoms with Gasteiger partial charge in [0.2, 0.25) is 0 Å². The van der Waals surface area contributed by atoms with Crippen molar-refractivity contribution >= 4 is 85.1 Å². The van der Waals surface area contributed by atoms with Gasteiger partial charge in [-0.25, -0.2) is 4.98 Å². The Bertz CT molecular complexity index is 1790. The lowest BCUT2D eigenvalue weighted by Crippen LogP contribution is -2.34. The Labute approximate surface area is 229 Å². The van der Waals surface area contributed by atoms with E-state index in [-0.39, 0.29) is 0 Å². The van der Waals surface area contributed by atoms with Gasteiger partial charge in [0.25, 0.3) is 0 Å². The van der Waals surface area contributed by atoms with Gasteiger partial charge in [-0.1, -0.05) is 94.4 Å². The van der Waals surface area contributed by atoms with Crippen LogP contribution in [0, 0.1) is 0 Å². The van der Waals surface area contributed by atoms with Crippen LogP contribution >= 0.6 is 22.7 Å². The molecule has 6 aromatic rings. The van der Waals surface area contributed by atoms with Crippen molar-refractivity contribution in [1.29, 1.82) is 0 Å². The van der Waals surface area contributed by atoms with E-state index in [1.54, 1.807) is 9.00 Å². The Balaban J connectivity index is 1.82. The quantitative estimate of drug-likeness (QED) is 0.195. The molecule has 2 nitrogen and oxygen atoms in total. The second kappa shape index (κ2) is 8.63. The minimum Gasteiger partial charge on any atom is -0.292 e. The summed E-state index contributed by atoms with van der Waals surface area (Å²) in [6, 6.07) is 24.3. The van der Waals surface area contributed by atoms with Gasteiger partial charge in [-0.2, -0.15) is 0 Å². The molecule has 0 unspecified atom stereocenters. The molecule has 6 rings (SSSR count). The van der Waals surface area contributed by atoms with E-state index < -0.39 is 16.1 Å². The van der Waals surface area contributed by atoms with Crippen LogP contribution in [0.5, 0.6) is 0 Å². The molecule has 6 heteroatoms. The fraction of sp³-hybridized carbons (Fsp3) is 0.194. The summed E-state index contributed by atoms with van der Waals surface area (Å²) in [5.41, 5.74) is 5.74. The Kier molecular flexibility index (Phi) is 5.73. The predicted octanol–water partition coefficient (Wildman–Crippen LogP) is 8.86. The van der Waals surface area contributed by atoms with Gasteiger partial charge in [-0.3, -0.25) is 4.57 Å². The maximum Gasteiger partial charge on any atom is 0.145 e. The summed E-state index contributed by atoms with van der Waals surface area (Å²) in [6.45, 7) is 18.6. The lowest BCUT2D eigenvalue weighted by atomic mass is 10.1. The highest BCUT2D eigenvalue weighted by atomic mass is 32.1. The number of hydrogen-bond acceptors (Lipinski definition) is 3. The Morgan fingerprint density at radius 3 is 1.89 bits per heavy atom. The van der Waals surface area contributed by atoms with E-state index in [1.165, 1.54) is 25.7 Å². The first-order chi connectivity index (χ1) is 17.6. The molecule has 0 aliphatic rings. The van der Waals surface area contributed by atoms with Crippen molar-refractivity contribution in [2.45, 2.75) is 39.3 Å². The SMILES string of the molecule is C=Cc1ccc(-c2nc3c4cc([Si](C)(C)C)sc4c4sc([Si](C)(C)C)cc4c3n2-c2ccccc2)cc1. The van der Waals surface area contributed by atoms with Gasteiger partial charge in [0, 0.05) is 22.0 Å². The minimum absolute atomic E-state index is 0.993. The van der Waals surface area contributed by atoms with Gasteiger partial charge in [0.15, 0.2) is 0 Å². The molecule has 3 aromatic heterocycles. The molecule has 0 saturated heterocycles. The van der Waals surface area contributed by atoms with Crippen molar-refractivity contribution in [3.8, 4) is 17.1 Å². The third-order valence-electron chi connectivity index (χ3n) is 6.96. The van der Waals surface area contributed by atoms with Crippen LogP contribution in [0.2, 0.25) is 39.3 Å². The molecule has 0 radical (unpaired) electrons. The molecule has 0 aliphatic carbocycles. The van der Waals surface area contributed by atoms with E-state index in [1.807, 2.05) is 28.7 Å². The second-order valence-electron chi connectivity index (χ2n) is 11.8. The molecule has 0 bridgehead atoms. The average Bonchev–Trinajstić information content (AvgIpc) is 3.58. The van der Waals surface area contributed by atoms with Crippen molar-refractivity contribution in [2.24, 2.45) is 0 Å². The van der Waals surface area contributed by atoms with E-state index in [4.69, 9.17) is 4.98 Å². The van der Waals surface area contributed by atoms with Crippen molar-refractivity contribution < 1.29 is 0 Å². The number of benzene rings is 3. The lowest BCUT2D eigenvalue weighted by molar-refractivity contribution is 1.11. The summed E-state index contributed by atoms with van der Waals surface area (Å²) < 4.78 is 8.34. The van der Waals surface area contributed by atoms with Crippen LogP contribution < -0.4 is 9.00 Å². The summed E-state index contributed by atoms with van der Waals surface area (Å²) >= 11 is 4.03. The molecule has 0 saturated carbocycles. The van der Waals surface area contributed by atoms with Crippen molar-refractivity contribution in [3.05, 3.63) is 78.9 Å². The fourth-order valence-electron chi connectivity index (χ4n) is 4.86. The van der Waals surface area contributed by atoms with Crippen molar-refractivity contribution in [1.82, 2.24) is 9.55 Å². The molecule has 0 N–H and O–H groups in total. The topological polar surface area (TPSA) is 17.8 Å². The number of rotatable bonds is 5. The third kappa shape index (κ3) is 4.07. The molecule has 0 atom stereocenters. The first-order valence-electron chi connectivity index (χ1n) is 12.8. The zero-order valence-electron chi connectivity index (χ0n) is 22.3. The first-order valence-corrected chi connectivity index (χ1v) is 21.4. The van der Waals surface area contributed by atoms with Crippen LogP contribution in [0.1, 0.15) is 5.56 Å². The number of nitrogens with zero attached hydrogens (tertiary/aromatic N) is 2. The van der Waals surface area contributed by atoms with Crippen LogP contribution in [0.15, 0.2) is 73.3 Å². The molecular formula is C31H32N2S2Si2. The molecule has 186 valence electrons. The molecule has 37 heavy (non-hydrogen) atoms. The van der Waals surface area contributed by atoms with Crippen LogP contribution in [0.3, 0.4) is 0 Å². The Morgan fingerprint density at radius 2 is 1.32 bits per heavy atom. The third-order valence-corrected chi connectivity index (χ3v) is 16.5. The number of fused-ring (bicyclic) bond motifs is 6. The second-order valence-corrected chi connectivity index (χ2v) is 24.7. The summed E-state index contributed by atoms with van der Waals surface area (Å²) in [7, 11) is -2.97. The predicted molar refractivity (Wildman–Crippen MR) is 173 cm³/mol. The smallest absolute Gasteiger partial charge is 0.145 e. The molecular weight excluding hydrogens is 521 g/mol. The molecule has 0 aliphatic heterocycles.